The zero-order chi connectivity index (χ0) is 11.4. The summed E-state index contributed by atoms with van der Waals surface area (Å²) in [7, 11) is 2.16. The highest BCUT2D eigenvalue weighted by atomic mass is 16.5. The molecule has 2 rings (SSSR count). The molecule has 0 aromatic heterocycles. The van der Waals surface area contributed by atoms with Gasteiger partial charge >= 0.3 is 0 Å². The van der Waals surface area contributed by atoms with Crippen molar-refractivity contribution in [1.29, 1.82) is 0 Å². The Kier molecular flexibility index (Phi) is 4.15. The average molecular weight is 227 g/mol. The van der Waals surface area contributed by atoms with Crippen LogP contribution >= 0.6 is 0 Å². The first-order chi connectivity index (χ1) is 7.74. The van der Waals surface area contributed by atoms with Crippen LogP contribution in [0.4, 0.5) is 0 Å². The molecule has 2 heterocycles. The maximum Gasteiger partial charge on any atom is 0.246 e. The summed E-state index contributed by atoms with van der Waals surface area (Å²) in [5.74, 6) is 0.0100. The second kappa shape index (κ2) is 5.61. The van der Waals surface area contributed by atoms with Gasteiger partial charge in [0, 0.05) is 39.3 Å². The smallest absolute Gasteiger partial charge is 0.246 e. The quantitative estimate of drug-likeness (QED) is 0.681. The second-order valence-corrected chi connectivity index (χ2v) is 4.67. The van der Waals surface area contributed by atoms with Crippen LogP contribution in [-0.4, -0.2) is 74.7 Å². The summed E-state index contributed by atoms with van der Waals surface area (Å²) >= 11 is 0. The number of rotatable bonds is 3. The first-order valence-corrected chi connectivity index (χ1v) is 6.03. The minimum absolute atomic E-state index is 0.0100. The summed E-state index contributed by atoms with van der Waals surface area (Å²) in [4.78, 5) is 15.7. The fourth-order valence-corrected chi connectivity index (χ4v) is 2.11. The molecule has 1 unspecified atom stereocenters. The van der Waals surface area contributed by atoms with E-state index in [1.165, 1.54) is 0 Å². The lowest BCUT2D eigenvalue weighted by molar-refractivity contribution is -0.133. The first-order valence-electron chi connectivity index (χ1n) is 6.03. The van der Waals surface area contributed by atoms with Gasteiger partial charge in [0.25, 0.3) is 0 Å². The number of likely N-dealkylation sites (N-methyl/N-ethyl adjacent to an activating group) is 1. The number of carbonyl (C=O) groups excluding carboxylic acids is 1. The van der Waals surface area contributed by atoms with Gasteiger partial charge in [-0.1, -0.05) is 0 Å². The number of carbonyl (C=O) groups is 1. The van der Waals surface area contributed by atoms with E-state index >= 15 is 0 Å². The molecule has 1 N–H and O–H groups in total. The summed E-state index contributed by atoms with van der Waals surface area (Å²) in [5, 5.41) is 2.84. The van der Waals surface area contributed by atoms with Crippen molar-refractivity contribution < 1.29 is 9.53 Å². The van der Waals surface area contributed by atoms with Gasteiger partial charge in [-0.15, -0.1) is 0 Å². The number of hydrogen-bond acceptors (Lipinski definition) is 4. The molecule has 0 radical (unpaired) electrons. The molecule has 16 heavy (non-hydrogen) atoms. The molecule has 2 fully saturated rings. The lowest BCUT2D eigenvalue weighted by Gasteiger charge is -2.33. The van der Waals surface area contributed by atoms with Crippen molar-refractivity contribution in [2.24, 2.45) is 0 Å². The number of nitrogens with one attached hydrogen (secondary N) is 1. The van der Waals surface area contributed by atoms with Crippen LogP contribution in [0.25, 0.3) is 0 Å². The molecule has 2 aliphatic rings. The highest BCUT2D eigenvalue weighted by molar-refractivity contribution is 5.77. The van der Waals surface area contributed by atoms with Crippen molar-refractivity contribution in [3.05, 3.63) is 0 Å². The SMILES string of the molecule is CN1CCN(CCC2CNC(=O)CO2)CC1. The van der Waals surface area contributed by atoms with Gasteiger partial charge in [0.2, 0.25) is 5.91 Å². The molecule has 0 spiro atoms. The van der Waals surface area contributed by atoms with Crippen LogP contribution < -0.4 is 5.32 Å². The topological polar surface area (TPSA) is 44.8 Å². The molecule has 0 aliphatic carbocycles. The predicted molar refractivity (Wildman–Crippen MR) is 61.3 cm³/mol. The first kappa shape index (κ1) is 11.8. The molecular formula is C11H21N3O2. The van der Waals surface area contributed by atoms with Crippen LogP contribution in [0.3, 0.4) is 0 Å². The highest BCUT2D eigenvalue weighted by Crippen LogP contribution is 2.06. The third kappa shape index (κ3) is 3.43. The van der Waals surface area contributed by atoms with Gasteiger partial charge in [0.15, 0.2) is 0 Å². The van der Waals surface area contributed by atoms with Crippen LogP contribution in [0.1, 0.15) is 6.42 Å². The van der Waals surface area contributed by atoms with Crippen LogP contribution in [0.5, 0.6) is 0 Å². The van der Waals surface area contributed by atoms with Gasteiger partial charge in [-0.05, 0) is 13.5 Å². The summed E-state index contributed by atoms with van der Waals surface area (Å²) in [6.07, 6.45) is 1.22. The van der Waals surface area contributed by atoms with Crippen LogP contribution in [-0.2, 0) is 9.53 Å². The third-order valence-electron chi connectivity index (χ3n) is 3.34. The molecule has 92 valence electrons. The number of amides is 1. The van der Waals surface area contributed by atoms with Crippen molar-refractivity contribution in [2.45, 2.75) is 12.5 Å². The summed E-state index contributed by atoms with van der Waals surface area (Å²) < 4.78 is 5.45. The van der Waals surface area contributed by atoms with Gasteiger partial charge in [-0.2, -0.15) is 0 Å². The lowest BCUT2D eigenvalue weighted by atomic mass is 10.2. The van der Waals surface area contributed by atoms with Gasteiger partial charge in [0.05, 0.1) is 6.10 Å². The maximum absolute atomic E-state index is 10.9. The Labute approximate surface area is 96.7 Å². The van der Waals surface area contributed by atoms with E-state index in [0.717, 1.165) is 39.1 Å². The predicted octanol–water partition coefficient (Wildman–Crippen LogP) is -0.861. The molecule has 0 saturated carbocycles. The Morgan fingerprint density at radius 3 is 2.75 bits per heavy atom. The Hall–Kier alpha value is -0.650. The van der Waals surface area contributed by atoms with Gasteiger partial charge in [0.1, 0.15) is 6.61 Å². The van der Waals surface area contributed by atoms with Crippen molar-refractivity contribution in [3.63, 3.8) is 0 Å². The minimum atomic E-state index is 0.0100. The van der Waals surface area contributed by atoms with E-state index in [-0.39, 0.29) is 18.6 Å². The number of morpholine rings is 1. The molecule has 2 aliphatic heterocycles. The van der Waals surface area contributed by atoms with E-state index in [9.17, 15) is 4.79 Å². The zero-order valence-electron chi connectivity index (χ0n) is 9.95. The molecule has 5 heteroatoms. The molecule has 5 nitrogen and oxygen atoms in total. The molecule has 1 atom stereocenters. The van der Waals surface area contributed by atoms with E-state index in [0.29, 0.717) is 6.54 Å². The summed E-state index contributed by atoms with van der Waals surface area (Å²) in [6, 6.07) is 0. The Morgan fingerprint density at radius 1 is 1.38 bits per heavy atom. The van der Waals surface area contributed by atoms with Crippen LogP contribution in [0.15, 0.2) is 0 Å². The normalized spacial score (nSPS) is 29.1. The van der Waals surface area contributed by atoms with Crippen molar-refractivity contribution >= 4 is 5.91 Å². The molecule has 2 saturated heterocycles. The highest BCUT2D eigenvalue weighted by Gasteiger charge is 2.20. The van der Waals surface area contributed by atoms with E-state index in [1.807, 2.05) is 0 Å². The van der Waals surface area contributed by atoms with Crippen molar-refractivity contribution in [3.8, 4) is 0 Å². The van der Waals surface area contributed by atoms with E-state index in [1.54, 1.807) is 0 Å². The average Bonchev–Trinajstić information content (AvgIpc) is 2.30. The van der Waals surface area contributed by atoms with Crippen LogP contribution in [0, 0.1) is 0 Å². The fraction of sp³-hybridized carbons (Fsp3) is 0.909. The van der Waals surface area contributed by atoms with E-state index in [4.69, 9.17) is 4.74 Å². The summed E-state index contributed by atoms with van der Waals surface area (Å²) in [6.45, 7) is 6.59. The van der Waals surface area contributed by atoms with Gasteiger partial charge in [-0.3, -0.25) is 4.79 Å². The molecule has 0 aromatic rings. The van der Waals surface area contributed by atoms with E-state index in [2.05, 4.69) is 22.2 Å². The van der Waals surface area contributed by atoms with Gasteiger partial charge < -0.3 is 19.9 Å². The standard InChI is InChI=1S/C11H21N3O2/c1-13-4-6-14(7-5-13)3-2-10-8-12-11(15)9-16-10/h10H,2-9H2,1H3,(H,12,15). The number of nitrogens with zero attached hydrogens (tertiary/aromatic N) is 2. The molecular weight excluding hydrogens is 206 g/mol. The number of ether oxygens (including phenoxy) is 1. The Bertz CT molecular complexity index is 229. The molecule has 0 bridgehead atoms. The van der Waals surface area contributed by atoms with Gasteiger partial charge in [-0.25, -0.2) is 0 Å². The second-order valence-electron chi connectivity index (χ2n) is 4.67. The number of piperazine rings is 1. The zero-order valence-corrected chi connectivity index (χ0v) is 9.95. The number of hydrogen-bond donors (Lipinski definition) is 1. The fourth-order valence-electron chi connectivity index (χ4n) is 2.11. The minimum Gasteiger partial charge on any atom is -0.367 e. The Morgan fingerprint density at radius 2 is 2.12 bits per heavy atom. The van der Waals surface area contributed by atoms with E-state index < -0.39 is 0 Å². The van der Waals surface area contributed by atoms with Crippen molar-refractivity contribution in [2.75, 3.05) is 52.9 Å². The molecule has 1 amide bonds. The maximum atomic E-state index is 10.9. The van der Waals surface area contributed by atoms with Crippen LogP contribution in [0.2, 0.25) is 0 Å². The van der Waals surface area contributed by atoms with Crippen molar-refractivity contribution in [1.82, 2.24) is 15.1 Å². The summed E-state index contributed by atoms with van der Waals surface area (Å²) in [5.41, 5.74) is 0. The largest absolute Gasteiger partial charge is 0.367 e. The lowest BCUT2D eigenvalue weighted by Crippen LogP contribution is -2.47. The Balaban J connectivity index is 1.62. The molecule has 0 aromatic carbocycles. The monoisotopic (exact) mass is 227 g/mol. The third-order valence-corrected chi connectivity index (χ3v) is 3.34.